The van der Waals surface area contributed by atoms with Crippen molar-refractivity contribution in [1.82, 2.24) is 14.0 Å². The van der Waals surface area contributed by atoms with Crippen molar-refractivity contribution >= 4 is 22.7 Å². The van der Waals surface area contributed by atoms with Crippen molar-refractivity contribution in [3.63, 3.8) is 0 Å². The van der Waals surface area contributed by atoms with E-state index >= 15 is 0 Å². The summed E-state index contributed by atoms with van der Waals surface area (Å²) in [6.45, 7) is 1.38. The third kappa shape index (κ3) is 3.01. The number of hydrogen-bond acceptors (Lipinski definition) is 6. The third-order valence-corrected chi connectivity index (χ3v) is 4.23. The highest BCUT2D eigenvalue weighted by atomic mass is 16.5. The Labute approximate surface area is 152 Å². The lowest BCUT2D eigenvalue weighted by Crippen LogP contribution is -2.26. The molecule has 27 heavy (non-hydrogen) atoms. The molecule has 3 heterocycles. The number of aromatic nitrogens is 3. The maximum atomic E-state index is 12.4. The van der Waals surface area contributed by atoms with E-state index in [-0.39, 0.29) is 12.2 Å². The Kier molecular flexibility index (Phi) is 4.08. The highest BCUT2D eigenvalue weighted by molar-refractivity contribution is 5.79. The van der Waals surface area contributed by atoms with E-state index in [0.717, 1.165) is 0 Å². The molecule has 8 heteroatoms. The number of rotatable bonds is 4. The molecule has 3 aromatic heterocycles. The van der Waals surface area contributed by atoms with E-state index in [4.69, 9.17) is 9.15 Å². The van der Waals surface area contributed by atoms with E-state index in [1.54, 1.807) is 55.6 Å². The van der Waals surface area contributed by atoms with Crippen LogP contribution in [0, 0.1) is 0 Å². The minimum absolute atomic E-state index is 0.172. The van der Waals surface area contributed by atoms with Gasteiger partial charge in [0.15, 0.2) is 5.58 Å². The molecule has 0 aliphatic heterocycles. The van der Waals surface area contributed by atoms with Crippen LogP contribution >= 0.6 is 0 Å². The van der Waals surface area contributed by atoms with Crippen LogP contribution in [0.4, 0.5) is 0 Å². The van der Waals surface area contributed by atoms with Crippen LogP contribution in [0.3, 0.4) is 0 Å². The molecule has 0 radical (unpaired) electrons. The van der Waals surface area contributed by atoms with Crippen molar-refractivity contribution in [2.75, 3.05) is 0 Å². The molecule has 0 unspecified atom stereocenters. The SMILES string of the molecule is C[C@@H](C(=O)OCc1cc(=O)n2ccccc2n1)n1c(=O)oc2ccccc21. The van der Waals surface area contributed by atoms with Crippen molar-refractivity contribution in [2.45, 2.75) is 19.6 Å². The van der Waals surface area contributed by atoms with Gasteiger partial charge in [-0.3, -0.25) is 13.8 Å². The molecule has 136 valence electrons. The van der Waals surface area contributed by atoms with Gasteiger partial charge in [0.25, 0.3) is 5.56 Å². The van der Waals surface area contributed by atoms with Gasteiger partial charge in [-0.2, -0.15) is 0 Å². The van der Waals surface area contributed by atoms with Crippen molar-refractivity contribution in [3.8, 4) is 0 Å². The first-order valence-corrected chi connectivity index (χ1v) is 8.28. The largest absolute Gasteiger partial charge is 0.458 e. The first-order valence-electron chi connectivity index (χ1n) is 8.28. The zero-order valence-electron chi connectivity index (χ0n) is 14.4. The number of hydrogen-bond donors (Lipinski definition) is 0. The number of fused-ring (bicyclic) bond motifs is 2. The molecule has 0 saturated carbocycles. The monoisotopic (exact) mass is 365 g/mol. The lowest BCUT2D eigenvalue weighted by molar-refractivity contribution is -0.148. The molecule has 0 amide bonds. The third-order valence-electron chi connectivity index (χ3n) is 4.23. The molecule has 8 nitrogen and oxygen atoms in total. The van der Waals surface area contributed by atoms with Gasteiger partial charge in [-0.05, 0) is 31.2 Å². The Morgan fingerprint density at radius 1 is 1.19 bits per heavy atom. The van der Waals surface area contributed by atoms with Crippen LogP contribution in [0.2, 0.25) is 0 Å². The quantitative estimate of drug-likeness (QED) is 0.513. The summed E-state index contributed by atoms with van der Waals surface area (Å²) in [6, 6.07) is 12.4. The van der Waals surface area contributed by atoms with E-state index in [9.17, 15) is 14.4 Å². The highest BCUT2D eigenvalue weighted by Crippen LogP contribution is 2.17. The summed E-state index contributed by atoms with van der Waals surface area (Å²) < 4.78 is 13.0. The Morgan fingerprint density at radius 2 is 1.96 bits per heavy atom. The minimum Gasteiger partial charge on any atom is -0.458 e. The summed E-state index contributed by atoms with van der Waals surface area (Å²) >= 11 is 0. The van der Waals surface area contributed by atoms with E-state index in [0.29, 0.717) is 22.4 Å². The zero-order valence-corrected chi connectivity index (χ0v) is 14.4. The average molecular weight is 365 g/mol. The van der Waals surface area contributed by atoms with Gasteiger partial charge < -0.3 is 9.15 Å². The summed E-state index contributed by atoms with van der Waals surface area (Å²) in [5.41, 5.74) is 1.43. The fourth-order valence-corrected chi connectivity index (χ4v) is 2.90. The van der Waals surface area contributed by atoms with Crippen LogP contribution in [0.5, 0.6) is 0 Å². The lowest BCUT2D eigenvalue weighted by Gasteiger charge is -2.12. The van der Waals surface area contributed by atoms with Gasteiger partial charge in [0.1, 0.15) is 18.3 Å². The van der Waals surface area contributed by atoms with E-state index in [1.807, 2.05) is 0 Å². The fraction of sp³-hybridized carbons (Fsp3) is 0.158. The second-order valence-electron chi connectivity index (χ2n) is 6.00. The zero-order chi connectivity index (χ0) is 19.0. The van der Waals surface area contributed by atoms with E-state index in [2.05, 4.69) is 4.98 Å². The van der Waals surface area contributed by atoms with Crippen LogP contribution in [0.25, 0.3) is 16.7 Å². The number of ether oxygens (including phenoxy) is 1. The van der Waals surface area contributed by atoms with E-state index < -0.39 is 17.8 Å². The van der Waals surface area contributed by atoms with Gasteiger partial charge in [0.05, 0.1) is 11.2 Å². The molecule has 4 aromatic rings. The molecule has 1 atom stereocenters. The molecule has 0 saturated heterocycles. The van der Waals surface area contributed by atoms with Crippen molar-refractivity contribution in [2.24, 2.45) is 0 Å². The number of pyridine rings is 1. The standard InChI is InChI=1S/C19H15N3O5/c1-12(22-14-6-2-3-7-15(14)27-19(22)25)18(24)26-11-13-10-17(23)21-9-5-4-8-16(21)20-13/h2-10,12H,11H2,1H3/t12-/m0/s1. The van der Waals surface area contributed by atoms with Crippen LogP contribution in [-0.4, -0.2) is 19.9 Å². The highest BCUT2D eigenvalue weighted by Gasteiger charge is 2.22. The number of esters is 1. The molecule has 4 rings (SSSR count). The van der Waals surface area contributed by atoms with Crippen LogP contribution in [0.1, 0.15) is 18.7 Å². The Bertz CT molecular complexity index is 1270. The minimum atomic E-state index is -0.886. The average Bonchev–Trinajstić information content (AvgIpc) is 3.01. The molecular formula is C19H15N3O5. The van der Waals surface area contributed by atoms with Gasteiger partial charge in [-0.25, -0.2) is 14.6 Å². The van der Waals surface area contributed by atoms with Crippen LogP contribution < -0.4 is 11.3 Å². The molecule has 0 spiro atoms. The number of nitrogens with zero attached hydrogens (tertiary/aromatic N) is 3. The predicted molar refractivity (Wildman–Crippen MR) is 96.4 cm³/mol. The van der Waals surface area contributed by atoms with Crippen LogP contribution in [-0.2, 0) is 16.1 Å². The van der Waals surface area contributed by atoms with Crippen LogP contribution in [0.15, 0.2) is 68.7 Å². The molecule has 0 fully saturated rings. The predicted octanol–water partition coefficient (Wildman–Crippen LogP) is 1.91. The summed E-state index contributed by atoms with van der Waals surface area (Å²) in [5, 5.41) is 0. The Balaban J connectivity index is 1.56. The molecule has 0 aliphatic carbocycles. The molecular weight excluding hydrogens is 350 g/mol. The van der Waals surface area contributed by atoms with Crippen molar-refractivity contribution in [1.29, 1.82) is 0 Å². The summed E-state index contributed by atoms with van der Waals surface area (Å²) in [7, 11) is 0. The Hall–Kier alpha value is -3.68. The van der Waals surface area contributed by atoms with Gasteiger partial charge in [0, 0.05) is 12.3 Å². The number of para-hydroxylation sites is 2. The summed E-state index contributed by atoms with van der Waals surface area (Å²) in [5.74, 6) is -1.26. The fourth-order valence-electron chi connectivity index (χ4n) is 2.90. The molecule has 0 bridgehead atoms. The van der Waals surface area contributed by atoms with Gasteiger partial charge in [-0.15, -0.1) is 0 Å². The first-order chi connectivity index (χ1) is 13.0. The molecule has 1 aromatic carbocycles. The number of carbonyl (C=O) groups is 1. The first kappa shape index (κ1) is 16.8. The summed E-state index contributed by atoms with van der Waals surface area (Å²) in [4.78, 5) is 40.9. The second-order valence-corrected chi connectivity index (χ2v) is 6.00. The Morgan fingerprint density at radius 3 is 2.81 bits per heavy atom. The lowest BCUT2D eigenvalue weighted by atomic mass is 10.3. The van der Waals surface area contributed by atoms with Gasteiger partial charge >= 0.3 is 11.7 Å². The number of benzene rings is 1. The van der Waals surface area contributed by atoms with E-state index in [1.165, 1.54) is 15.0 Å². The van der Waals surface area contributed by atoms with Gasteiger partial charge in [0.2, 0.25) is 0 Å². The number of carbonyl (C=O) groups excluding carboxylic acids is 1. The second kappa shape index (κ2) is 6.56. The normalized spacial score (nSPS) is 12.3. The van der Waals surface area contributed by atoms with Crippen molar-refractivity contribution in [3.05, 3.63) is 81.3 Å². The number of oxazole rings is 1. The molecule has 0 aliphatic rings. The maximum absolute atomic E-state index is 12.4. The maximum Gasteiger partial charge on any atom is 0.420 e. The van der Waals surface area contributed by atoms with Gasteiger partial charge in [-0.1, -0.05) is 18.2 Å². The molecule has 0 N–H and O–H groups in total. The topological polar surface area (TPSA) is 95.8 Å². The van der Waals surface area contributed by atoms with Crippen molar-refractivity contribution < 1.29 is 13.9 Å². The smallest absolute Gasteiger partial charge is 0.420 e. The summed E-state index contributed by atoms with van der Waals surface area (Å²) in [6.07, 6.45) is 1.61.